The molecule has 0 saturated heterocycles. The van der Waals surface area contributed by atoms with Crippen LogP contribution < -0.4 is 5.32 Å². The number of alkyl halides is 1. The third-order valence-electron chi connectivity index (χ3n) is 3.13. The van der Waals surface area contributed by atoms with Crippen LogP contribution in [0.2, 0.25) is 0 Å². The standard InChI is InChI=1S/C15H15ClN4/c1-11-8-14-17-10-18-20(14)15(9-11)19-13-4-2-12(3-5-13)6-7-16/h2-5,8-10,19H,6-7H2,1H3. The number of hydrogen-bond acceptors (Lipinski definition) is 3. The van der Waals surface area contributed by atoms with Crippen molar-refractivity contribution in [3.8, 4) is 0 Å². The molecule has 0 aliphatic heterocycles. The van der Waals surface area contributed by atoms with Crippen molar-refractivity contribution < 1.29 is 0 Å². The van der Waals surface area contributed by atoms with Crippen molar-refractivity contribution in [2.75, 3.05) is 11.2 Å². The summed E-state index contributed by atoms with van der Waals surface area (Å²) in [7, 11) is 0. The van der Waals surface area contributed by atoms with E-state index in [2.05, 4.69) is 27.5 Å². The zero-order valence-electron chi connectivity index (χ0n) is 11.2. The van der Waals surface area contributed by atoms with E-state index in [1.165, 1.54) is 5.56 Å². The lowest BCUT2D eigenvalue weighted by atomic mass is 10.1. The highest BCUT2D eigenvalue weighted by Crippen LogP contribution is 2.19. The smallest absolute Gasteiger partial charge is 0.157 e. The summed E-state index contributed by atoms with van der Waals surface area (Å²) >= 11 is 5.74. The summed E-state index contributed by atoms with van der Waals surface area (Å²) in [6.45, 7) is 2.05. The van der Waals surface area contributed by atoms with Gasteiger partial charge in [-0.25, -0.2) is 4.98 Å². The molecular weight excluding hydrogens is 272 g/mol. The van der Waals surface area contributed by atoms with Gasteiger partial charge < -0.3 is 5.32 Å². The molecule has 2 aromatic heterocycles. The molecule has 0 atom stereocenters. The zero-order chi connectivity index (χ0) is 13.9. The first-order valence-electron chi connectivity index (χ1n) is 6.48. The average Bonchev–Trinajstić information content (AvgIpc) is 2.89. The Kier molecular flexibility index (Phi) is 3.56. The lowest BCUT2D eigenvalue weighted by Crippen LogP contribution is -2.00. The second-order valence-electron chi connectivity index (χ2n) is 4.71. The van der Waals surface area contributed by atoms with E-state index in [9.17, 15) is 0 Å². The molecule has 0 radical (unpaired) electrons. The molecule has 0 spiro atoms. The Bertz CT molecular complexity index is 718. The van der Waals surface area contributed by atoms with Crippen LogP contribution in [0.1, 0.15) is 11.1 Å². The van der Waals surface area contributed by atoms with E-state index in [4.69, 9.17) is 11.6 Å². The third kappa shape index (κ3) is 2.60. The lowest BCUT2D eigenvalue weighted by Gasteiger charge is -2.09. The van der Waals surface area contributed by atoms with E-state index in [0.29, 0.717) is 5.88 Å². The quantitative estimate of drug-likeness (QED) is 0.746. The molecule has 0 bridgehead atoms. The average molecular weight is 287 g/mol. The van der Waals surface area contributed by atoms with Crippen molar-refractivity contribution in [3.05, 3.63) is 53.9 Å². The number of halogens is 1. The normalized spacial score (nSPS) is 10.9. The molecule has 2 heterocycles. The number of aryl methyl sites for hydroxylation is 2. The molecule has 0 fully saturated rings. The number of benzene rings is 1. The molecule has 1 N–H and O–H groups in total. The van der Waals surface area contributed by atoms with Crippen LogP contribution in [0, 0.1) is 6.92 Å². The van der Waals surface area contributed by atoms with Crippen LogP contribution in [0.4, 0.5) is 11.5 Å². The van der Waals surface area contributed by atoms with E-state index in [-0.39, 0.29) is 0 Å². The number of anilines is 2. The maximum absolute atomic E-state index is 5.74. The van der Waals surface area contributed by atoms with Gasteiger partial charge in [0.05, 0.1) is 0 Å². The predicted molar refractivity (Wildman–Crippen MR) is 81.9 cm³/mol. The van der Waals surface area contributed by atoms with E-state index in [1.54, 1.807) is 10.8 Å². The number of pyridine rings is 1. The molecule has 0 unspecified atom stereocenters. The summed E-state index contributed by atoms with van der Waals surface area (Å²) in [5.41, 5.74) is 4.24. The van der Waals surface area contributed by atoms with Gasteiger partial charge in [0.25, 0.3) is 0 Å². The van der Waals surface area contributed by atoms with Crippen molar-refractivity contribution in [2.45, 2.75) is 13.3 Å². The highest BCUT2D eigenvalue weighted by molar-refractivity contribution is 6.17. The molecule has 4 nitrogen and oxygen atoms in total. The van der Waals surface area contributed by atoms with Crippen LogP contribution in [0.25, 0.3) is 5.65 Å². The summed E-state index contributed by atoms with van der Waals surface area (Å²) in [5.74, 6) is 1.55. The van der Waals surface area contributed by atoms with Crippen molar-refractivity contribution in [2.24, 2.45) is 0 Å². The topological polar surface area (TPSA) is 42.2 Å². The molecule has 20 heavy (non-hydrogen) atoms. The molecule has 0 amide bonds. The first-order valence-corrected chi connectivity index (χ1v) is 7.02. The third-order valence-corrected chi connectivity index (χ3v) is 3.32. The van der Waals surface area contributed by atoms with Crippen molar-refractivity contribution in [1.82, 2.24) is 14.6 Å². The van der Waals surface area contributed by atoms with Crippen molar-refractivity contribution in [1.29, 1.82) is 0 Å². The first kappa shape index (κ1) is 12.9. The fourth-order valence-corrected chi connectivity index (χ4v) is 2.38. The van der Waals surface area contributed by atoms with Crippen LogP contribution >= 0.6 is 11.6 Å². The predicted octanol–water partition coefficient (Wildman–Crippen LogP) is 3.56. The fraction of sp³-hybridized carbons (Fsp3) is 0.200. The Morgan fingerprint density at radius 2 is 2.00 bits per heavy atom. The number of fused-ring (bicyclic) bond motifs is 1. The molecular formula is C15H15ClN4. The summed E-state index contributed by atoms with van der Waals surface area (Å²) in [4.78, 5) is 4.22. The second-order valence-corrected chi connectivity index (χ2v) is 5.09. The summed E-state index contributed by atoms with van der Waals surface area (Å²) < 4.78 is 1.79. The molecule has 5 heteroatoms. The van der Waals surface area contributed by atoms with E-state index in [0.717, 1.165) is 29.1 Å². The Morgan fingerprint density at radius 1 is 1.20 bits per heavy atom. The maximum Gasteiger partial charge on any atom is 0.157 e. The van der Waals surface area contributed by atoms with E-state index in [1.807, 2.05) is 31.2 Å². The van der Waals surface area contributed by atoms with Gasteiger partial charge in [-0.05, 0) is 48.7 Å². The molecule has 0 saturated carbocycles. The van der Waals surface area contributed by atoms with E-state index >= 15 is 0 Å². The molecule has 0 aliphatic rings. The van der Waals surface area contributed by atoms with Gasteiger partial charge >= 0.3 is 0 Å². The number of nitrogens with one attached hydrogen (secondary N) is 1. The minimum atomic E-state index is 0.643. The summed E-state index contributed by atoms with van der Waals surface area (Å²) in [6.07, 6.45) is 2.45. The fourth-order valence-electron chi connectivity index (χ4n) is 2.16. The Hall–Kier alpha value is -2.07. The lowest BCUT2D eigenvalue weighted by molar-refractivity contribution is 0.965. The van der Waals surface area contributed by atoms with Crippen molar-refractivity contribution in [3.63, 3.8) is 0 Å². The minimum absolute atomic E-state index is 0.643. The van der Waals surface area contributed by atoms with Gasteiger partial charge in [0.15, 0.2) is 5.65 Å². The molecule has 3 rings (SSSR count). The van der Waals surface area contributed by atoms with Crippen LogP contribution in [-0.2, 0) is 6.42 Å². The van der Waals surface area contributed by atoms with Gasteiger partial charge in [0.1, 0.15) is 12.1 Å². The number of rotatable bonds is 4. The molecule has 0 aliphatic carbocycles. The first-order chi connectivity index (χ1) is 9.76. The number of aromatic nitrogens is 3. The Morgan fingerprint density at radius 3 is 2.75 bits per heavy atom. The van der Waals surface area contributed by atoms with E-state index < -0.39 is 0 Å². The van der Waals surface area contributed by atoms with Crippen LogP contribution in [0.5, 0.6) is 0 Å². The zero-order valence-corrected chi connectivity index (χ0v) is 11.9. The van der Waals surface area contributed by atoms with Gasteiger partial charge in [-0.1, -0.05) is 12.1 Å². The SMILES string of the molecule is Cc1cc(Nc2ccc(CCCl)cc2)n2ncnc2c1. The second kappa shape index (κ2) is 5.51. The Labute approximate surface area is 122 Å². The highest BCUT2D eigenvalue weighted by Gasteiger charge is 2.04. The summed E-state index contributed by atoms with van der Waals surface area (Å²) in [6, 6.07) is 12.3. The van der Waals surface area contributed by atoms with Crippen LogP contribution in [0.15, 0.2) is 42.7 Å². The number of hydrogen-bond donors (Lipinski definition) is 1. The Balaban J connectivity index is 1.90. The van der Waals surface area contributed by atoms with Gasteiger partial charge in [-0.3, -0.25) is 0 Å². The van der Waals surface area contributed by atoms with Crippen molar-refractivity contribution >= 4 is 28.8 Å². The van der Waals surface area contributed by atoms with Gasteiger partial charge in [-0.2, -0.15) is 9.61 Å². The van der Waals surface area contributed by atoms with Crippen LogP contribution in [0.3, 0.4) is 0 Å². The molecule has 102 valence electrons. The molecule has 3 aromatic rings. The summed E-state index contributed by atoms with van der Waals surface area (Å²) in [5, 5.41) is 7.60. The van der Waals surface area contributed by atoms with Gasteiger partial charge in [-0.15, -0.1) is 11.6 Å². The monoisotopic (exact) mass is 286 g/mol. The highest BCUT2D eigenvalue weighted by atomic mass is 35.5. The minimum Gasteiger partial charge on any atom is -0.340 e. The number of nitrogens with zero attached hydrogens (tertiary/aromatic N) is 3. The largest absolute Gasteiger partial charge is 0.340 e. The van der Waals surface area contributed by atoms with Gasteiger partial charge in [0.2, 0.25) is 0 Å². The van der Waals surface area contributed by atoms with Crippen LogP contribution in [-0.4, -0.2) is 20.5 Å². The van der Waals surface area contributed by atoms with Gasteiger partial charge in [0, 0.05) is 11.6 Å². The molecule has 1 aromatic carbocycles. The maximum atomic E-state index is 5.74.